The molecule has 0 aromatic heterocycles. The first-order valence-electron chi connectivity index (χ1n) is 9.82. The Morgan fingerprint density at radius 1 is 0.966 bits per heavy atom. The maximum absolute atomic E-state index is 10.7. The molecule has 1 aliphatic rings. The van der Waals surface area contributed by atoms with Crippen LogP contribution in [0.4, 0.5) is 0 Å². The van der Waals surface area contributed by atoms with Crippen LogP contribution in [0.1, 0.15) is 40.5 Å². The molecular formula is C25H24O4. The van der Waals surface area contributed by atoms with E-state index < -0.39 is 5.97 Å². The van der Waals surface area contributed by atoms with Gasteiger partial charge in [0.25, 0.3) is 0 Å². The Morgan fingerprint density at radius 2 is 1.69 bits per heavy atom. The Labute approximate surface area is 170 Å². The fraction of sp³-hybridized carbons (Fsp3) is 0.240. The zero-order valence-electron chi connectivity index (χ0n) is 16.4. The smallest absolute Gasteiger partial charge is 0.341 e. The van der Waals surface area contributed by atoms with E-state index >= 15 is 0 Å². The van der Waals surface area contributed by atoms with E-state index in [1.807, 2.05) is 18.2 Å². The van der Waals surface area contributed by atoms with Crippen LogP contribution in [-0.4, -0.2) is 24.8 Å². The maximum atomic E-state index is 10.7. The van der Waals surface area contributed by atoms with Gasteiger partial charge in [-0.1, -0.05) is 48.5 Å². The Morgan fingerprint density at radius 3 is 2.38 bits per heavy atom. The number of rotatable bonds is 6. The van der Waals surface area contributed by atoms with Crippen molar-refractivity contribution in [3.05, 3.63) is 95.1 Å². The number of ether oxygens (including phenoxy) is 2. The van der Waals surface area contributed by atoms with Crippen molar-refractivity contribution in [1.82, 2.24) is 0 Å². The summed E-state index contributed by atoms with van der Waals surface area (Å²) >= 11 is 0. The first-order valence-corrected chi connectivity index (χ1v) is 9.82. The van der Waals surface area contributed by atoms with Gasteiger partial charge in [-0.2, -0.15) is 0 Å². The SMILES string of the molecule is COc1ccc2c(c1)CC[C@H](c1ccccc1)[C@@H]2c1ccc(OCC(=O)O)cc1. The number of aryl methyl sites for hydroxylation is 1. The number of hydrogen-bond donors (Lipinski definition) is 1. The van der Waals surface area contributed by atoms with Gasteiger partial charge in [-0.3, -0.25) is 0 Å². The monoisotopic (exact) mass is 388 g/mol. The molecule has 4 nitrogen and oxygen atoms in total. The number of hydrogen-bond acceptors (Lipinski definition) is 3. The molecule has 1 N–H and O–H groups in total. The molecule has 0 bridgehead atoms. The summed E-state index contributed by atoms with van der Waals surface area (Å²) in [4.78, 5) is 10.7. The van der Waals surface area contributed by atoms with Crippen molar-refractivity contribution in [3.8, 4) is 11.5 Å². The minimum Gasteiger partial charge on any atom is -0.497 e. The van der Waals surface area contributed by atoms with Crippen molar-refractivity contribution in [2.24, 2.45) is 0 Å². The Kier molecular flexibility index (Phi) is 5.52. The molecule has 2 atom stereocenters. The molecular weight excluding hydrogens is 364 g/mol. The lowest BCUT2D eigenvalue weighted by Gasteiger charge is -2.35. The van der Waals surface area contributed by atoms with Crippen molar-refractivity contribution in [1.29, 1.82) is 0 Å². The van der Waals surface area contributed by atoms with Gasteiger partial charge >= 0.3 is 5.97 Å². The van der Waals surface area contributed by atoms with Gasteiger partial charge in [-0.25, -0.2) is 4.79 Å². The van der Waals surface area contributed by atoms with Gasteiger partial charge in [0, 0.05) is 5.92 Å². The average molecular weight is 388 g/mol. The minimum atomic E-state index is -0.978. The van der Waals surface area contributed by atoms with Crippen molar-refractivity contribution in [2.75, 3.05) is 13.7 Å². The standard InChI is InChI=1S/C25H24O4/c1-28-21-12-14-23-19(15-21)9-13-22(17-5-3-2-4-6-17)25(23)18-7-10-20(11-8-18)29-16-24(26)27/h2-8,10-12,14-15,22,25H,9,13,16H2,1H3,(H,26,27)/t22-,25+/m1/s1. The number of carbonyl (C=O) groups is 1. The van der Waals surface area contributed by atoms with Crippen molar-refractivity contribution >= 4 is 5.97 Å². The quantitative estimate of drug-likeness (QED) is 0.644. The first-order chi connectivity index (χ1) is 14.2. The Bertz CT molecular complexity index is 979. The third-order valence-electron chi connectivity index (χ3n) is 5.64. The summed E-state index contributed by atoms with van der Waals surface area (Å²) in [5.41, 5.74) is 5.19. The second-order valence-electron chi connectivity index (χ2n) is 7.35. The van der Waals surface area contributed by atoms with E-state index in [-0.39, 0.29) is 12.5 Å². The molecule has 4 rings (SSSR count). The van der Waals surface area contributed by atoms with Crippen LogP contribution in [-0.2, 0) is 11.2 Å². The molecule has 148 valence electrons. The van der Waals surface area contributed by atoms with E-state index in [1.165, 1.54) is 22.3 Å². The van der Waals surface area contributed by atoms with Gasteiger partial charge in [0.1, 0.15) is 11.5 Å². The second-order valence-corrected chi connectivity index (χ2v) is 7.35. The predicted octanol–water partition coefficient (Wildman–Crippen LogP) is 5.02. The van der Waals surface area contributed by atoms with Crippen LogP contribution >= 0.6 is 0 Å². The van der Waals surface area contributed by atoms with Gasteiger partial charge in [0.05, 0.1) is 7.11 Å². The topological polar surface area (TPSA) is 55.8 Å². The molecule has 0 fully saturated rings. The fourth-order valence-corrected chi connectivity index (χ4v) is 4.31. The second kappa shape index (κ2) is 8.39. The van der Waals surface area contributed by atoms with E-state index in [1.54, 1.807) is 7.11 Å². The molecule has 0 saturated carbocycles. The largest absolute Gasteiger partial charge is 0.497 e. The minimum absolute atomic E-state index is 0.223. The zero-order valence-corrected chi connectivity index (χ0v) is 16.4. The van der Waals surface area contributed by atoms with Gasteiger partial charge < -0.3 is 14.6 Å². The summed E-state index contributed by atoms with van der Waals surface area (Å²) in [6, 6.07) is 24.8. The number of aliphatic carboxylic acids is 1. The lowest BCUT2D eigenvalue weighted by molar-refractivity contribution is -0.139. The molecule has 0 radical (unpaired) electrons. The fourth-order valence-electron chi connectivity index (χ4n) is 4.31. The molecule has 0 saturated heterocycles. The van der Waals surface area contributed by atoms with Gasteiger partial charge in [-0.15, -0.1) is 0 Å². The number of benzene rings is 3. The van der Waals surface area contributed by atoms with E-state index in [0.717, 1.165) is 18.6 Å². The maximum Gasteiger partial charge on any atom is 0.341 e. The van der Waals surface area contributed by atoms with E-state index in [4.69, 9.17) is 14.6 Å². The Balaban J connectivity index is 1.72. The molecule has 0 heterocycles. The van der Waals surface area contributed by atoms with Crippen molar-refractivity contribution in [2.45, 2.75) is 24.7 Å². The molecule has 0 aliphatic heterocycles. The van der Waals surface area contributed by atoms with Gasteiger partial charge in [0.2, 0.25) is 0 Å². The summed E-state index contributed by atoms with van der Waals surface area (Å²) in [5.74, 6) is 1.08. The van der Waals surface area contributed by atoms with Crippen LogP contribution in [0.15, 0.2) is 72.8 Å². The highest BCUT2D eigenvalue weighted by Gasteiger charge is 2.32. The molecule has 3 aromatic rings. The summed E-state index contributed by atoms with van der Waals surface area (Å²) in [7, 11) is 1.70. The molecule has 0 amide bonds. The zero-order chi connectivity index (χ0) is 20.2. The Hall–Kier alpha value is -3.27. The lowest BCUT2D eigenvalue weighted by atomic mass is 9.69. The van der Waals surface area contributed by atoms with Gasteiger partial charge in [-0.05, 0) is 65.3 Å². The summed E-state index contributed by atoms with van der Waals surface area (Å²) < 4.78 is 10.7. The molecule has 0 unspecified atom stereocenters. The number of carboxylic acids is 1. The van der Waals surface area contributed by atoms with Crippen LogP contribution in [0.3, 0.4) is 0 Å². The van der Waals surface area contributed by atoms with E-state index in [9.17, 15) is 4.79 Å². The average Bonchev–Trinajstić information content (AvgIpc) is 2.77. The highest BCUT2D eigenvalue weighted by Crippen LogP contribution is 2.47. The van der Waals surface area contributed by atoms with Crippen LogP contribution in [0, 0.1) is 0 Å². The third-order valence-corrected chi connectivity index (χ3v) is 5.64. The van der Waals surface area contributed by atoms with Gasteiger partial charge in [0.15, 0.2) is 6.61 Å². The van der Waals surface area contributed by atoms with Crippen LogP contribution in [0.25, 0.3) is 0 Å². The molecule has 29 heavy (non-hydrogen) atoms. The molecule has 4 heteroatoms. The predicted molar refractivity (Wildman–Crippen MR) is 112 cm³/mol. The van der Waals surface area contributed by atoms with E-state index in [2.05, 4.69) is 54.6 Å². The van der Waals surface area contributed by atoms with E-state index in [0.29, 0.717) is 11.7 Å². The van der Waals surface area contributed by atoms with Crippen LogP contribution < -0.4 is 9.47 Å². The highest BCUT2D eigenvalue weighted by atomic mass is 16.5. The van der Waals surface area contributed by atoms with Crippen LogP contribution in [0.5, 0.6) is 11.5 Å². The number of carboxylic acid groups (broad SMARTS) is 1. The molecule has 0 spiro atoms. The summed E-state index contributed by atoms with van der Waals surface area (Å²) in [5, 5.41) is 8.81. The number of fused-ring (bicyclic) bond motifs is 1. The lowest BCUT2D eigenvalue weighted by Crippen LogP contribution is -2.20. The first kappa shape index (κ1) is 19.1. The number of methoxy groups -OCH3 is 1. The summed E-state index contributed by atoms with van der Waals surface area (Å²) in [6.45, 7) is -0.335. The molecule has 1 aliphatic carbocycles. The van der Waals surface area contributed by atoms with Crippen molar-refractivity contribution < 1.29 is 19.4 Å². The third kappa shape index (κ3) is 4.11. The highest BCUT2D eigenvalue weighted by molar-refractivity contribution is 5.68. The van der Waals surface area contributed by atoms with Crippen molar-refractivity contribution in [3.63, 3.8) is 0 Å². The molecule has 3 aromatic carbocycles. The summed E-state index contributed by atoms with van der Waals surface area (Å²) in [6.07, 6.45) is 2.08. The van der Waals surface area contributed by atoms with Crippen LogP contribution in [0.2, 0.25) is 0 Å². The normalized spacial score (nSPS) is 18.0.